The van der Waals surface area contributed by atoms with E-state index in [4.69, 9.17) is 5.73 Å². The summed E-state index contributed by atoms with van der Waals surface area (Å²) in [5.41, 5.74) is 4.68. The molecule has 0 saturated heterocycles. The Morgan fingerprint density at radius 2 is 1.86 bits per heavy atom. The summed E-state index contributed by atoms with van der Waals surface area (Å²) in [6.07, 6.45) is -3.52. The van der Waals surface area contributed by atoms with Crippen molar-refractivity contribution in [2.45, 2.75) is 31.5 Å². The molecule has 1 aromatic rings. The summed E-state index contributed by atoms with van der Waals surface area (Å²) >= 11 is 0. The van der Waals surface area contributed by atoms with E-state index >= 15 is 0 Å². The van der Waals surface area contributed by atoms with Gasteiger partial charge in [0.1, 0.15) is 0 Å². The van der Waals surface area contributed by atoms with Gasteiger partial charge in [-0.05, 0) is 37.1 Å². The number of hydrogen-bond acceptors (Lipinski definition) is 3. The van der Waals surface area contributed by atoms with E-state index in [1.807, 2.05) is 0 Å². The van der Waals surface area contributed by atoms with E-state index in [2.05, 4.69) is 5.32 Å². The maximum absolute atomic E-state index is 12.4. The largest absolute Gasteiger partial charge is 0.416 e. The molecule has 0 spiro atoms. The minimum Gasteiger partial charge on any atom is -0.387 e. The van der Waals surface area contributed by atoms with Crippen LogP contribution in [0.4, 0.5) is 13.2 Å². The Labute approximate surface area is 121 Å². The molecule has 1 rings (SSSR count). The molecule has 21 heavy (non-hydrogen) atoms. The number of alkyl halides is 3. The molecular weight excluding hydrogens is 285 g/mol. The van der Waals surface area contributed by atoms with Gasteiger partial charge >= 0.3 is 6.18 Å². The van der Waals surface area contributed by atoms with Crippen molar-refractivity contribution in [3.63, 3.8) is 0 Å². The first-order valence-electron chi connectivity index (χ1n) is 6.65. The van der Waals surface area contributed by atoms with Gasteiger partial charge in [-0.2, -0.15) is 13.2 Å². The van der Waals surface area contributed by atoms with Crippen LogP contribution in [0.25, 0.3) is 0 Å². The standard InChI is InChI=1S/C14H19F3N2O2/c15-14(16,17)11-6-4-10(5-7-11)12(20)9-19-8-2-1-3-13(18)21/h4-7,12,19-20H,1-3,8-9H2,(H2,18,21). The lowest BCUT2D eigenvalue weighted by Gasteiger charge is -2.13. The Kier molecular flexibility index (Phi) is 6.64. The molecule has 0 aliphatic rings. The number of aliphatic hydroxyl groups is 1. The van der Waals surface area contributed by atoms with E-state index in [1.165, 1.54) is 12.1 Å². The third kappa shape index (κ3) is 6.59. The molecule has 7 heteroatoms. The van der Waals surface area contributed by atoms with E-state index < -0.39 is 17.8 Å². The molecule has 4 N–H and O–H groups in total. The van der Waals surface area contributed by atoms with Crippen molar-refractivity contribution in [1.82, 2.24) is 5.32 Å². The van der Waals surface area contributed by atoms with Gasteiger partial charge < -0.3 is 16.2 Å². The lowest BCUT2D eigenvalue weighted by molar-refractivity contribution is -0.137. The van der Waals surface area contributed by atoms with Crippen LogP contribution in [0.2, 0.25) is 0 Å². The van der Waals surface area contributed by atoms with E-state index in [-0.39, 0.29) is 12.5 Å². The van der Waals surface area contributed by atoms with Crippen molar-refractivity contribution >= 4 is 5.91 Å². The summed E-state index contributed by atoms with van der Waals surface area (Å²) in [6, 6.07) is 4.43. The van der Waals surface area contributed by atoms with E-state index in [0.717, 1.165) is 18.6 Å². The van der Waals surface area contributed by atoms with Crippen LogP contribution in [0, 0.1) is 0 Å². The van der Waals surface area contributed by atoms with Crippen LogP contribution in [0.1, 0.15) is 36.5 Å². The van der Waals surface area contributed by atoms with Crippen LogP contribution in [-0.4, -0.2) is 24.1 Å². The Balaban J connectivity index is 2.32. The Bertz CT molecular complexity index is 447. The van der Waals surface area contributed by atoms with Gasteiger partial charge in [-0.3, -0.25) is 4.79 Å². The SMILES string of the molecule is NC(=O)CCCCNCC(O)c1ccc(C(F)(F)F)cc1. The molecule has 0 aliphatic carbocycles. The molecule has 0 aromatic heterocycles. The second-order valence-corrected chi connectivity index (χ2v) is 4.76. The molecule has 0 bridgehead atoms. The highest BCUT2D eigenvalue weighted by Crippen LogP contribution is 2.29. The van der Waals surface area contributed by atoms with Crippen LogP contribution in [0.5, 0.6) is 0 Å². The van der Waals surface area contributed by atoms with Gasteiger partial charge in [-0.25, -0.2) is 0 Å². The lowest BCUT2D eigenvalue weighted by Crippen LogP contribution is -2.23. The summed E-state index contributed by atoms with van der Waals surface area (Å²) in [5, 5.41) is 12.8. The molecule has 0 saturated carbocycles. The molecule has 0 heterocycles. The van der Waals surface area contributed by atoms with Gasteiger partial charge in [0.15, 0.2) is 0 Å². The number of unbranched alkanes of at least 4 members (excludes halogenated alkanes) is 1. The highest BCUT2D eigenvalue weighted by atomic mass is 19.4. The first kappa shape index (κ1) is 17.5. The smallest absolute Gasteiger partial charge is 0.387 e. The minimum absolute atomic E-state index is 0.238. The summed E-state index contributed by atoms with van der Waals surface area (Å²) in [7, 11) is 0. The number of nitrogens with one attached hydrogen (secondary N) is 1. The van der Waals surface area contributed by atoms with Crippen LogP contribution in [-0.2, 0) is 11.0 Å². The van der Waals surface area contributed by atoms with Gasteiger partial charge in [-0.1, -0.05) is 12.1 Å². The maximum atomic E-state index is 12.4. The fourth-order valence-corrected chi connectivity index (χ4v) is 1.80. The van der Waals surface area contributed by atoms with Crippen LogP contribution >= 0.6 is 0 Å². The maximum Gasteiger partial charge on any atom is 0.416 e. The van der Waals surface area contributed by atoms with Crippen LogP contribution in [0.15, 0.2) is 24.3 Å². The number of hydrogen-bond donors (Lipinski definition) is 3. The molecule has 1 aromatic carbocycles. The van der Waals surface area contributed by atoms with Crippen molar-refractivity contribution in [3.8, 4) is 0 Å². The number of rotatable bonds is 8. The molecule has 1 atom stereocenters. The van der Waals surface area contributed by atoms with Crippen molar-refractivity contribution in [3.05, 3.63) is 35.4 Å². The predicted octanol–water partition coefficient (Wildman–Crippen LogP) is 1.98. The first-order chi connectivity index (χ1) is 9.80. The number of halogens is 3. The Hall–Kier alpha value is -1.60. The number of primary amides is 1. The number of benzene rings is 1. The van der Waals surface area contributed by atoms with E-state index in [0.29, 0.717) is 24.9 Å². The van der Waals surface area contributed by atoms with Crippen molar-refractivity contribution in [1.29, 1.82) is 0 Å². The average Bonchev–Trinajstić information content (AvgIpc) is 2.41. The predicted molar refractivity (Wildman–Crippen MR) is 72.3 cm³/mol. The first-order valence-corrected chi connectivity index (χ1v) is 6.65. The topological polar surface area (TPSA) is 75.4 Å². The second kappa shape index (κ2) is 7.99. The fourth-order valence-electron chi connectivity index (χ4n) is 1.80. The zero-order chi connectivity index (χ0) is 15.9. The molecule has 4 nitrogen and oxygen atoms in total. The van der Waals surface area contributed by atoms with Gasteiger partial charge in [-0.15, -0.1) is 0 Å². The van der Waals surface area contributed by atoms with Gasteiger partial charge in [0.05, 0.1) is 11.7 Å². The monoisotopic (exact) mass is 304 g/mol. The minimum atomic E-state index is -4.37. The highest BCUT2D eigenvalue weighted by molar-refractivity contribution is 5.73. The third-order valence-electron chi connectivity index (χ3n) is 2.99. The number of aliphatic hydroxyl groups excluding tert-OH is 1. The van der Waals surface area contributed by atoms with Crippen molar-refractivity contribution < 1.29 is 23.1 Å². The molecule has 0 aliphatic heterocycles. The molecular formula is C14H19F3N2O2. The average molecular weight is 304 g/mol. The normalized spacial score (nSPS) is 13.1. The molecule has 118 valence electrons. The highest BCUT2D eigenvalue weighted by Gasteiger charge is 2.30. The van der Waals surface area contributed by atoms with Gasteiger partial charge in [0.25, 0.3) is 0 Å². The lowest BCUT2D eigenvalue weighted by atomic mass is 10.1. The molecule has 0 radical (unpaired) electrons. The Morgan fingerprint density at radius 1 is 1.24 bits per heavy atom. The van der Waals surface area contributed by atoms with Gasteiger partial charge in [0.2, 0.25) is 5.91 Å². The number of carbonyl (C=O) groups excluding carboxylic acids is 1. The number of amides is 1. The second-order valence-electron chi connectivity index (χ2n) is 4.76. The van der Waals surface area contributed by atoms with Crippen LogP contribution < -0.4 is 11.1 Å². The summed E-state index contributed by atoms with van der Waals surface area (Å²) in [6.45, 7) is 0.840. The third-order valence-corrected chi connectivity index (χ3v) is 2.99. The molecule has 1 amide bonds. The number of nitrogens with two attached hydrogens (primary N) is 1. The van der Waals surface area contributed by atoms with Crippen molar-refractivity contribution in [2.75, 3.05) is 13.1 Å². The quantitative estimate of drug-likeness (QED) is 0.643. The zero-order valence-electron chi connectivity index (χ0n) is 11.5. The molecule has 0 fully saturated rings. The van der Waals surface area contributed by atoms with Gasteiger partial charge in [0, 0.05) is 13.0 Å². The summed E-state index contributed by atoms with van der Waals surface area (Å²) in [4.78, 5) is 10.5. The number of carbonyl (C=O) groups is 1. The fraction of sp³-hybridized carbons (Fsp3) is 0.500. The molecule has 1 unspecified atom stereocenters. The van der Waals surface area contributed by atoms with Crippen LogP contribution in [0.3, 0.4) is 0 Å². The Morgan fingerprint density at radius 3 is 2.38 bits per heavy atom. The zero-order valence-corrected chi connectivity index (χ0v) is 11.5. The van der Waals surface area contributed by atoms with E-state index in [9.17, 15) is 23.1 Å². The van der Waals surface area contributed by atoms with Crippen molar-refractivity contribution in [2.24, 2.45) is 5.73 Å². The van der Waals surface area contributed by atoms with E-state index in [1.54, 1.807) is 0 Å². The summed E-state index contributed by atoms with van der Waals surface area (Å²) < 4.78 is 37.2. The summed E-state index contributed by atoms with van der Waals surface area (Å²) in [5.74, 6) is -0.347.